The number of carbonyl (C=O) groups is 1. The van der Waals surface area contributed by atoms with Crippen LogP contribution in [0, 0.1) is 5.92 Å². The Bertz CT molecular complexity index is 213. The molecule has 1 amide bonds. The van der Waals surface area contributed by atoms with Gasteiger partial charge in [-0.05, 0) is 19.3 Å². The predicted octanol–water partition coefficient (Wildman–Crippen LogP) is 0.00620. The van der Waals surface area contributed by atoms with Crippen LogP contribution in [0.3, 0.4) is 0 Å². The number of rotatable bonds is 1. The summed E-state index contributed by atoms with van der Waals surface area (Å²) in [4.78, 5) is 13.7. The summed E-state index contributed by atoms with van der Waals surface area (Å²) >= 11 is 0. The molecule has 14 heavy (non-hydrogen) atoms. The molecule has 2 aliphatic rings. The van der Waals surface area contributed by atoms with E-state index in [9.17, 15) is 9.90 Å². The minimum absolute atomic E-state index is 0.0419. The van der Waals surface area contributed by atoms with Crippen LogP contribution in [-0.2, 0) is 9.53 Å². The molecule has 2 rings (SSSR count). The highest BCUT2D eigenvalue weighted by Gasteiger charge is 2.30. The number of ether oxygens (including phenoxy) is 1. The average Bonchev–Trinajstić information content (AvgIpc) is 2.69. The topological polar surface area (TPSA) is 49.8 Å². The zero-order chi connectivity index (χ0) is 9.97. The zero-order valence-corrected chi connectivity index (χ0v) is 8.32. The fourth-order valence-electron chi connectivity index (χ4n) is 2.14. The largest absolute Gasteiger partial charge is 0.391 e. The molecule has 0 unspecified atom stereocenters. The van der Waals surface area contributed by atoms with Gasteiger partial charge in [0.1, 0.15) is 0 Å². The first kappa shape index (κ1) is 9.93. The second-order valence-electron chi connectivity index (χ2n) is 4.14. The molecule has 2 heterocycles. The highest BCUT2D eigenvalue weighted by Crippen LogP contribution is 2.18. The molecule has 0 aromatic rings. The molecule has 4 heteroatoms. The molecule has 4 nitrogen and oxygen atoms in total. The van der Waals surface area contributed by atoms with Crippen molar-refractivity contribution in [1.82, 2.24) is 4.90 Å². The third-order valence-corrected chi connectivity index (χ3v) is 2.99. The van der Waals surface area contributed by atoms with Crippen LogP contribution in [-0.4, -0.2) is 48.3 Å². The summed E-state index contributed by atoms with van der Waals surface area (Å²) in [6.45, 7) is 2.57. The van der Waals surface area contributed by atoms with Crippen molar-refractivity contribution in [3.05, 3.63) is 0 Å². The van der Waals surface area contributed by atoms with E-state index in [2.05, 4.69) is 0 Å². The Hall–Kier alpha value is -0.610. The van der Waals surface area contributed by atoms with E-state index >= 15 is 0 Å². The molecule has 0 bridgehead atoms. The first-order valence-electron chi connectivity index (χ1n) is 5.32. The molecular weight excluding hydrogens is 182 g/mol. The highest BCUT2D eigenvalue weighted by atomic mass is 16.5. The number of nitrogens with zero attached hydrogens (tertiary/aromatic N) is 1. The molecule has 0 aromatic heterocycles. The average molecular weight is 199 g/mol. The summed E-state index contributed by atoms with van der Waals surface area (Å²) in [5, 5.41) is 9.45. The van der Waals surface area contributed by atoms with E-state index in [1.165, 1.54) is 0 Å². The summed E-state index contributed by atoms with van der Waals surface area (Å²) in [6, 6.07) is 0. The van der Waals surface area contributed by atoms with Crippen molar-refractivity contribution in [3.63, 3.8) is 0 Å². The zero-order valence-electron chi connectivity index (χ0n) is 8.32. The smallest absolute Gasteiger partial charge is 0.228 e. The third kappa shape index (κ3) is 2.07. The fourth-order valence-corrected chi connectivity index (χ4v) is 2.14. The lowest BCUT2D eigenvalue weighted by Crippen LogP contribution is -2.45. The number of carbonyl (C=O) groups excluding carboxylic acids is 1. The van der Waals surface area contributed by atoms with Crippen LogP contribution in [0.4, 0.5) is 0 Å². The molecule has 2 fully saturated rings. The van der Waals surface area contributed by atoms with Gasteiger partial charge in [0.15, 0.2) is 0 Å². The molecule has 2 aliphatic heterocycles. The maximum atomic E-state index is 11.9. The van der Waals surface area contributed by atoms with E-state index < -0.39 is 0 Å². The number of aliphatic hydroxyl groups is 1. The minimum atomic E-state index is -0.324. The van der Waals surface area contributed by atoms with Gasteiger partial charge in [0.2, 0.25) is 5.91 Å². The molecule has 0 aliphatic carbocycles. The Morgan fingerprint density at radius 3 is 2.93 bits per heavy atom. The van der Waals surface area contributed by atoms with Gasteiger partial charge in [-0.1, -0.05) is 0 Å². The molecule has 0 spiro atoms. The van der Waals surface area contributed by atoms with Crippen molar-refractivity contribution < 1.29 is 14.6 Å². The molecule has 80 valence electrons. The molecule has 0 saturated carbocycles. The van der Waals surface area contributed by atoms with Gasteiger partial charge in [-0.2, -0.15) is 0 Å². The van der Waals surface area contributed by atoms with E-state index in [1.54, 1.807) is 4.90 Å². The minimum Gasteiger partial charge on any atom is -0.391 e. The summed E-state index contributed by atoms with van der Waals surface area (Å²) in [5.41, 5.74) is 0. The number of hydrogen-bond donors (Lipinski definition) is 1. The van der Waals surface area contributed by atoms with Crippen LogP contribution >= 0.6 is 0 Å². The van der Waals surface area contributed by atoms with Crippen molar-refractivity contribution in [2.24, 2.45) is 5.92 Å². The van der Waals surface area contributed by atoms with Crippen LogP contribution in [0.2, 0.25) is 0 Å². The van der Waals surface area contributed by atoms with Crippen LogP contribution in [0.15, 0.2) is 0 Å². The number of aliphatic hydroxyl groups excluding tert-OH is 1. The van der Waals surface area contributed by atoms with Gasteiger partial charge in [-0.25, -0.2) is 0 Å². The lowest BCUT2D eigenvalue weighted by molar-refractivity contribution is -0.138. The number of β-amino-alcohol motifs (C(OH)–C–C–N with tert-alkyl or cyclic N) is 1. The van der Waals surface area contributed by atoms with Gasteiger partial charge in [-0.3, -0.25) is 4.79 Å². The van der Waals surface area contributed by atoms with Crippen molar-refractivity contribution in [3.8, 4) is 0 Å². The summed E-state index contributed by atoms with van der Waals surface area (Å²) < 4.78 is 5.19. The highest BCUT2D eigenvalue weighted by molar-refractivity contribution is 5.79. The second kappa shape index (κ2) is 4.28. The number of piperidine rings is 1. The Morgan fingerprint density at radius 1 is 1.43 bits per heavy atom. The maximum absolute atomic E-state index is 11.9. The Kier molecular flexibility index (Phi) is 3.03. The number of likely N-dealkylation sites (tertiary alicyclic amines) is 1. The predicted molar refractivity (Wildman–Crippen MR) is 50.7 cm³/mol. The monoisotopic (exact) mass is 199 g/mol. The first-order valence-corrected chi connectivity index (χ1v) is 5.32. The van der Waals surface area contributed by atoms with Gasteiger partial charge in [-0.15, -0.1) is 0 Å². The summed E-state index contributed by atoms with van der Waals surface area (Å²) in [6.07, 6.45) is 2.26. The normalized spacial score (nSPS) is 33.4. The Morgan fingerprint density at radius 2 is 2.29 bits per heavy atom. The number of amides is 1. The van der Waals surface area contributed by atoms with Crippen molar-refractivity contribution in [1.29, 1.82) is 0 Å². The Labute approximate surface area is 83.8 Å². The number of hydrogen-bond acceptors (Lipinski definition) is 3. The quantitative estimate of drug-likeness (QED) is 0.647. The molecular formula is C10H17NO3. The van der Waals surface area contributed by atoms with Gasteiger partial charge in [0.05, 0.1) is 18.6 Å². The fraction of sp³-hybridized carbons (Fsp3) is 0.900. The van der Waals surface area contributed by atoms with Crippen molar-refractivity contribution in [2.45, 2.75) is 25.4 Å². The molecule has 2 saturated heterocycles. The van der Waals surface area contributed by atoms with E-state index in [-0.39, 0.29) is 17.9 Å². The van der Waals surface area contributed by atoms with Gasteiger partial charge < -0.3 is 14.7 Å². The lowest BCUT2D eigenvalue weighted by atomic mass is 10.0. The van der Waals surface area contributed by atoms with Crippen molar-refractivity contribution in [2.75, 3.05) is 26.3 Å². The standard InChI is InChI=1S/C10H17NO3/c12-9-2-1-4-11(6-9)10(13)8-3-5-14-7-8/h8-9,12H,1-7H2/t8-,9-/m0/s1. The summed E-state index contributed by atoms with van der Waals surface area (Å²) in [5.74, 6) is 0.210. The van der Waals surface area contributed by atoms with Crippen LogP contribution in [0.25, 0.3) is 0 Å². The van der Waals surface area contributed by atoms with E-state index in [4.69, 9.17) is 4.74 Å². The lowest BCUT2D eigenvalue weighted by Gasteiger charge is -2.31. The Balaban J connectivity index is 1.89. The van der Waals surface area contributed by atoms with Gasteiger partial charge in [0, 0.05) is 19.7 Å². The van der Waals surface area contributed by atoms with E-state index in [1.807, 2.05) is 0 Å². The van der Waals surface area contributed by atoms with Gasteiger partial charge in [0.25, 0.3) is 0 Å². The molecule has 2 atom stereocenters. The third-order valence-electron chi connectivity index (χ3n) is 2.99. The first-order chi connectivity index (χ1) is 6.77. The SMILES string of the molecule is O=C([C@H]1CCOC1)N1CCC[C@H](O)C1. The van der Waals surface area contributed by atoms with E-state index in [0.717, 1.165) is 25.8 Å². The van der Waals surface area contributed by atoms with Crippen LogP contribution < -0.4 is 0 Å². The maximum Gasteiger partial charge on any atom is 0.228 e. The van der Waals surface area contributed by atoms with Crippen LogP contribution in [0.1, 0.15) is 19.3 Å². The summed E-state index contributed by atoms with van der Waals surface area (Å²) in [7, 11) is 0. The second-order valence-corrected chi connectivity index (χ2v) is 4.14. The molecule has 0 radical (unpaired) electrons. The molecule has 1 N–H and O–H groups in total. The van der Waals surface area contributed by atoms with Crippen LogP contribution in [0.5, 0.6) is 0 Å². The van der Waals surface area contributed by atoms with E-state index in [0.29, 0.717) is 19.8 Å². The van der Waals surface area contributed by atoms with Gasteiger partial charge >= 0.3 is 0 Å². The molecule has 0 aromatic carbocycles. The van der Waals surface area contributed by atoms with Crippen molar-refractivity contribution >= 4 is 5.91 Å².